The van der Waals surface area contributed by atoms with Crippen LogP contribution in [0.15, 0.2) is 24.3 Å². The van der Waals surface area contributed by atoms with E-state index in [9.17, 15) is 0 Å². The lowest BCUT2D eigenvalue weighted by molar-refractivity contribution is 0.120. The Morgan fingerprint density at radius 3 is 2.59 bits per heavy atom. The predicted molar refractivity (Wildman–Crippen MR) is 71.4 cm³/mol. The van der Waals surface area contributed by atoms with Crippen LogP contribution < -0.4 is 4.74 Å². The quantitative estimate of drug-likeness (QED) is 0.773. The summed E-state index contributed by atoms with van der Waals surface area (Å²) in [4.78, 5) is 2.59. The van der Waals surface area contributed by atoms with Gasteiger partial charge in [-0.15, -0.1) is 0 Å². The Morgan fingerprint density at radius 2 is 1.94 bits per heavy atom. The van der Waals surface area contributed by atoms with Crippen molar-refractivity contribution in [1.82, 2.24) is 4.90 Å². The highest BCUT2D eigenvalue weighted by atomic mass is 16.5. The lowest BCUT2D eigenvalue weighted by Crippen LogP contribution is -2.40. The highest BCUT2D eigenvalue weighted by Crippen LogP contribution is 2.40. The van der Waals surface area contributed by atoms with Crippen LogP contribution in [0, 0.1) is 0 Å². The molecule has 2 heteroatoms. The molecule has 1 unspecified atom stereocenters. The number of rotatable bonds is 2. The average molecular weight is 233 g/mol. The highest BCUT2D eigenvalue weighted by Gasteiger charge is 2.34. The fourth-order valence-electron chi connectivity index (χ4n) is 2.83. The van der Waals surface area contributed by atoms with Gasteiger partial charge in [-0.1, -0.05) is 18.2 Å². The van der Waals surface area contributed by atoms with E-state index in [4.69, 9.17) is 4.74 Å². The Morgan fingerprint density at radius 1 is 1.24 bits per heavy atom. The largest absolute Gasteiger partial charge is 0.496 e. The Kier molecular flexibility index (Phi) is 3.43. The third-order valence-electron chi connectivity index (χ3n) is 3.61. The van der Waals surface area contributed by atoms with Crippen LogP contribution in [0.25, 0.3) is 0 Å². The molecule has 0 radical (unpaired) electrons. The molecule has 0 N–H and O–H groups in total. The van der Waals surface area contributed by atoms with Crippen molar-refractivity contribution in [3.05, 3.63) is 29.8 Å². The maximum absolute atomic E-state index is 5.49. The van der Waals surface area contributed by atoms with Crippen LogP contribution in [0.3, 0.4) is 0 Å². The van der Waals surface area contributed by atoms with E-state index in [2.05, 4.69) is 43.9 Å². The fourth-order valence-corrected chi connectivity index (χ4v) is 2.83. The second-order valence-electron chi connectivity index (χ2n) is 5.76. The molecule has 17 heavy (non-hydrogen) atoms. The van der Waals surface area contributed by atoms with Gasteiger partial charge >= 0.3 is 0 Å². The average Bonchev–Trinajstić information content (AvgIpc) is 2.77. The number of ether oxygens (including phenoxy) is 1. The van der Waals surface area contributed by atoms with Gasteiger partial charge in [-0.05, 0) is 46.2 Å². The first-order chi connectivity index (χ1) is 8.04. The van der Waals surface area contributed by atoms with Gasteiger partial charge < -0.3 is 4.74 Å². The van der Waals surface area contributed by atoms with E-state index in [1.807, 2.05) is 6.07 Å². The van der Waals surface area contributed by atoms with E-state index < -0.39 is 0 Å². The van der Waals surface area contributed by atoms with Crippen molar-refractivity contribution in [2.45, 2.75) is 45.2 Å². The summed E-state index contributed by atoms with van der Waals surface area (Å²) in [5.74, 6) is 1.02. The highest BCUT2D eigenvalue weighted by molar-refractivity contribution is 5.36. The van der Waals surface area contributed by atoms with Crippen LogP contribution in [-0.2, 0) is 0 Å². The SMILES string of the molecule is COc1ccccc1C1CCCN1C(C)(C)C. The summed E-state index contributed by atoms with van der Waals surface area (Å²) in [7, 11) is 1.76. The topological polar surface area (TPSA) is 12.5 Å². The molecule has 1 fully saturated rings. The molecule has 1 heterocycles. The van der Waals surface area contributed by atoms with E-state index >= 15 is 0 Å². The van der Waals surface area contributed by atoms with E-state index in [0.717, 1.165) is 5.75 Å². The maximum atomic E-state index is 5.49. The summed E-state index contributed by atoms with van der Waals surface area (Å²) in [6.45, 7) is 8.06. The van der Waals surface area contributed by atoms with E-state index in [0.29, 0.717) is 6.04 Å². The van der Waals surface area contributed by atoms with E-state index in [1.54, 1.807) is 7.11 Å². The summed E-state index contributed by atoms with van der Waals surface area (Å²) in [5.41, 5.74) is 1.56. The van der Waals surface area contributed by atoms with Crippen LogP contribution in [0.1, 0.15) is 45.2 Å². The molecule has 2 rings (SSSR count). The molecular weight excluding hydrogens is 210 g/mol. The summed E-state index contributed by atoms with van der Waals surface area (Å²) in [6, 6.07) is 8.92. The van der Waals surface area contributed by atoms with Crippen LogP contribution >= 0.6 is 0 Å². The Hall–Kier alpha value is -1.02. The van der Waals surface area contributed by atoms with Crippen LogP contribution in [0.4, 0.5) is 0 Å². The Labute approximate surface area is 105 Å². The van der Waals surface area contributed by atoms with Crippen LogP contribution in [-0.4, -0.2) is 24.1 Å². The minimum absolute atomic E-state index is 0.224. The van der Waals surface area contributed by atoms with Gasteiger partial charge in [0, 0.05) is 17.1 Å². The van der Waals surface area contributed by atoms with Crippen molar-refractivity contribution in [1.29, 1.82) is 0 Å². The number of nitrogens with zero attached hydrogens (tertiary/aromatic N) is 1. The summed E-state index contributed by atoms with van der Waals surface area (Å²) in [5, 5.41) is 0. The molecule has 0 aromatic heterocycles. The first-order valence-electron chi connectivity index (χ1n) is 6.43. The number of para-hydroxylation sites is 1. The van der Waals surface area contributed by atoms with Gasteiger partial charge in [0.05, 0.1) is 7.11 Å². The smallest absolute Gasteiger partial charge is 0.123 e. The number of hydrogen-bond acceptors (Lipinski definition) is 2. The number of likely N-dealkylation sites (tertiary alicyclic amines) is 1. The molecule has 0 aliphatic carbocycles. The molecular formula is C15H23NO. The second kappa shape index (κ2) is 4.69. The molecule has 1 aliphatic heterocycles. The number of hydrogen-bond donors (Lipinski definition) is 0. The fraction of sp³-hybridized carbons (Fsp3) is 0.600. The van der Waals surface area contributed by atoms with Crippen molar-refractivity contribution in [2.75, 3.05) is 13.7 Å². The molecule has 0 bridgehead atoms. The first-order valence-corrected chi connectivity index (χ1v) is 6.43. The summed E-state index contributed by atoms with van der Waals surface area (Å²) < 4.78 is 5.49. The Bertz CT molecular complexity index is 381. The van der Waals surface area contributed by atoms with Crippen molar-refractivity contribution in [3.63, 3.8) is 0 Å². The first kappa shape index (κ1) is 12.4. The molecule has 1 atom stereocenters. The standard InChI is InChI=1S/C15H23NO/c1-15(2,3)16-11-7-9-13(16)12-8-5-6-10-14(12)17-4/h5-6,8,10,13H,7,9,11H2,1-4H3. The Balaban J connectivity index is 2.32. The van der Waals surface area contributed by atoms with Crippen molar-refractivity contribution < 1.29 is 4.74 Å². The second-order valence-corrected chi connectivity index (χ2v) is 5.76. The zero-order valence-electron chi connectivity index (χ0n) is 11.4. The molecule has 1 aromatic rings. The molecule has 2 nitrogen and oxygen atoms in total. The third kappa shape index (κ3) is 2.47. The van der Waals surface area contributed by atoms with E-state index in [-0.39, 0.29) is 5.54 Å². The van der Waals surface area contributed by atoms with Crippen molar-refractivity contribution in [2.24, 2.45) is 0 Å². The third-order valence-corrected chi connectivity index (χ3v) is 3.61. The minimum Gasteiger partial charge on any atom is -0.496 e. The number of methoxy groups -OCH3 is 1. The molecule has 1 aromatic carbocycles. The van der Waals surface area contributed by atoms with Gasteiger partial charge in [0.2, 0.25) is 0 Å². The van der Waals surface area contributed by atoms with Gasteiger partial charge in [-0.3, -0.25) is 4.90 Å². The van der Waals surface area contributed by atoms with Gasteiger partial charge in [0.15, 0.2) is 0 Å². The predicted octanol–water partition coefficient (Wildman–Crippen LogP) is 3.63. The molecule has 94 valence electrons. The van der Waals surface area contributed by atoms with E-state index in [1.165, 1.54) is 24.9 Å². The maximum Gasteiger partial charge on any atom is 0.123 e. The van der Waals surface area contributed by atoms with Gasteiger partial charge in [-0.2, -0.15) is 0 Å². The normalized spacial score (nSPS) is 21.8. The number of benzene rings is 1. The molecule has 1 aliphatic rings. The molecule has 0 amide bonds. The van der Waals surface area contributed by atoms with Crippen molar-refractivity contribution in [3.8, 4) is 5.75 Å². The van der Waals surface area contributed by atoms with Crippen molar-refractivity contribution >= 4 is 0 Å². The lowest BCUT2D eigenvalue weighted by Gasteiger charge is -2.37. The molecule has 1 saturated heterocycles. The molecule has 0 spiro atoms. The molecule has 0 saturated carbocycles. The monoisotopic (exact) mass is 233 g/mol. The van der Waals surface area contributed by atoms with Gasteiger partial charge in [-0.25, -0.2) is 0 Å². The van der Waals surface area contributed by atoms with Crippen LogP contribution in [0.2, 0.25) is 0 Å². The minimum atomic E-state index is 0.224. The zero-order valence-corrected chi connectivity index (χ0v) is 11.4. The zero-order chi connectivity index (χ0) is 12.5. The van der Waals surface area contributed by atoms with Gasteiger partial charge in [0.1, 0.15) is 5.75 Å². The van der Waals surface area contributed by atoms with Gasteiger partial charge in [0.25, 0.3) is 0 Å². The summed E-state index contributed by atoms with van der Waals surface area (Å²) >= 11 is 0. The lowest BCUT2D eigenvalue weighted by atomic mass is 9.98. The van der Waals surface area contributed by atoms with Crippen LogP contribution in [0.5, 0.6) is 5.75 Å². The summed E-state index contributed by atoms with van der Waals surface area (Å²) in [6.07, 6.45) is 2.51.